The fourth-order valence-electron chi connectivity index (χ4n) is 1.65. The van der Waals surface area contributed by atoms with E-state index in [2.05, 4.69) is 6.58 Å². The maximum Gasteiger partial charge on any atom is 0.133 e. The van der Waals surface area contributed by atoms with Crippen molar-refractivity contribution in [3.05, 3.63) is 12.2 Å². The topological polar surface area (TPSA) is 26.0 Å². The first kappa shape index (κ1) is 8.72. The largest absolute Gasteiger partial charge is 0.328 e. The number of alkyl halides is 1. The maximum atomic E-state index is 13.8. The van der Waals surface area contributed by atoms with Crippen molar-refractivity contribution in [1.82, 2.24) is 0 Å². The van der Waals surface area contributed by atoms with Crippen molar-refractivity contribution in [2.75, 3.05) is 0 Å². The van der Waals surface area contributed by atoms with E-state index in [0.717, 1.165) is 12.8 Å². The summed E-state index contributed by atoms with van der Waals surface area (Å²) >= 11 is 0. The highest BCUT2D eigenvalue weighted by molar-refractivity contribution is 5.12. The highest BCUT2D eigenvalue weighted by atomic mass is 19.1. The third-order valence-corrected chi connectivity index (χ3v) is 2.50. The van der Waals surface area contributed by atoms with E-state index in [1.54, 1.807) is 6.92 Å². The summed E-state index contributed by atoms with van der Waals surface area (Å²) in [6, 6.07) is 0.0328. The molecule has 2 heteroatoms. The summed E-state index contributed by atoms with van der Waals surface area (Å²) in [5.74, 6) is 0. The molecule has 2 N–H and O–H groups in total. The van der Waals surface area contributed by atoms with Gasteiger partial charge in [-0.25, -0.2) is 4.39 Å². The number of halogens is 1. The van der Waals surface area contributed by atoms with Crippen LogP contribution in [0.5, 0.6) is 0 Å². The average molecular weight is 157 g/mol. The van der Waals surface area contributed by atoms with Crippen molar-refractivity contribution < 1.29 is 4.39 Å². The van der Waals surface area contributed by atoms with Crippen LogP contribution in [0.3, 0.4) is 0 Å². The summed E-state index contributed by atoms with van der Waals surface area (Å²) in [5, 5.41) is 0. The van der Waals surface area contributed by atoms with Gasteiger partial charge in [0.2, 0.25) is 0 Å². The molecule has 2 atom stereocenters. The monoisotopic (exact) mass is 157 g/mol. The van der Waals surface area contributed by atoms with E-state index < -0.39 is 5.67 Å². The van der Waals surface area contributed by atoms with E-state index in [1.165, 1.54) is 0 Å². The van der Waals surface area contributed by atoms with Crippen LogP contribution >= 0.6 is 0 Å². The van der Waals surface area contributed by atoms with Gasteiger partial charge in [-0.3, -0.25) is 0 Å². The van der Waals surface area contributed by atoms with E-state index in [0.29, 0.717) is 18.4 Å². The minimum Gasteiger partial charge on any atom is -0.328 e. The summed E-state index contributed by atoms with van der Waals surface area (Å²) in [4.78, 5) is 0. The molecule has 0 saturated heterocycles. The molecule has 0 bridgehead atoms. The Balaban J connectivity index is 2.63. The Bertz CT molecular complexity index is 167. The Kier molecular flexibility index (Phi) is 2.33. The zero-order valence-electron chi connectivity index (χ0n) is 7.07. The molecule has 1 aliphatic rings. The van der Waals surface area contributed by atoms with Crippen LogP contribution in [0.4, 0.5) is 4.39 Å². The molecule has 0 aliphatic heterocycles. The third-order valence-electron chi connectivity index (χ3n) is 2.50. The Hall–Kier alpha value is -0.370. The third kappa shape index (κ3) is 1.80. The minimum atomic E-state index is -1.17. The lowest BCUT2D eigenvalue weighted by molar-refractivity contribution is 0.137. The predicted octanol–water partition coefficient (Wildman–Crippen LogP) is 2.17. The standard InChI is InChI=1S/C9H16FN/c1-7(2)9(10)5-3-4-8(11)6-9/h8H,1,3-6,11H2,2H3. The van der Waals surface area contributed by atoms with Gasteiger partial charge in [0, 0.05) is 12.5 Å². The van der Waals surface area contributed by atoms with Gasteiger partial charge in [0.25, 0.3) is 0 Å². The first-order valence-corrected chi connectivity index (χ1v) is 4.15. The first-order valence-electron chi connectivity index (χ1n) is 4.15. The molecular weight excluding hydrogens is 141 g/mol. The molecule has 0 amide bonds. The van der Waals surface area contributed by atoms with Crippen molar-refractivity contribution in [2.45, 2.75) is 44.3 Å². The second-order valence-corrected chi connectivity index (χ2v) is 3.60. The second-order valence-electron chi connectivity index (χ2n) is 3.60. The molecule has 1 fully saturated rings. The summed E-state index contributed by atoms with van der Waals surface area (Å²) < 4.78 is 13.8. The molecule has 0 spiro atoms. The van der Waals surface area contributed by atoms with Crippen LogP contribution in [-0.4, -0.2) is 11.7 Å². The van der Waals surface area contributed by atoms with Crippen molar-refractivity contribution in [3.63, 3.8) is 0 Å². The number of nitrogens with two attached hydrogens (primary N) is 1. The van der Waals surface area contributed by atoms with Crippen LogP contribution in [0.25, 0.3) is 0 Å². The van der Waals surface area contributed by atoms with E-state index in [-0.39, 0.29) is 6.04 Å². The molecule has 1 rings (SSSR count). The molecule has 2 unspecified atom stereocenters. The van der Waals surface area contributed by atoms with E-state index in [4.69, 9.17) is 5.73 Å². The van der Waals surface area contributed by atoms with E-state index >= 15 is 0 Å². The molecular formula is C9H16FN. The van der Waals surface area contributed by atoms with Gasteiger partial charge in [-0.1, -0.05) is 6.58 Å². The van der Waals surface area contributed by atoms with Crippen LogP contribution in [0.15, 0.2) is 12.2 Å². The normalized spacial score (nSPS) is 38.6. The summed E-state index contributed by atoms with van der Waals surface area (Å²) in [6.07, 6.45) is 2.92. The van der Waals surface area contributed by atoms with Crippen LogP contribution in [0, 0.1) is 0 Å². The van der Waals surface area contributed by atoms with Crippen molar-refractivity contribution in [3.8, 4) is 0 Å². The summed E-state index contributed by atoms with van der Waals surface area (Å²) in [6.45, 7) is 5.40. The number of allylic oxidation sites excluding steroid dienone is 1. The van der Waals surface area contributed by atoms with Gasteiger partial charge in [-0.05, 0) is 31.8 Å². The SMILES string of the molecule is C=C(C)C1(F)CCCC(N)C1. The molecule has 0 aromatic rings. The van der Waals surface area contributed by atoms with Gasteiger partial charge in [0.1, 0.15) is 5.67 Å². The lowest BCUT2D eigenvalue weighted by Crippen LogP contribution is -2.38. The van der Waals surface area contributed by atoms with Gasteiger partial charge in [-0.15, -0.1) is 0 Å². The number of hydrogen-bond donors (Lipinski definition) is 1. The highest BCUT2D eigenvalue weighted by Gasteiger charge is 2.35. The van der Waals surface area contributed by atoms with Crippen LogP contribution in [0.1, 0.15) is 32.6 Å². The van der Waals surface area contributed by atoms with Crippen molar-refractivity contribution in [2.24, 2.45) is 5.73 Å². The van der Waals surface area contributed by atoms with Crippen LogP contribution in [-0.2, 0) is 0 Å². The molecule has 0 aromatic heterocycles. The Labute approximate surface area is 67.5 Å². The van der Waals surface area contributed by atoms with E-state index in [1.807, 2.05) is 0 Å². The quantitative estimate of drug-likeness (QED) is 0.580. The zero-order valence-corrected chi connectivity index (χ0v) is 7.07. The number of rotatable bonds is 1. The molecule has 0 aromatic carbocycles. The van der Waals surface area contributed by atoms with Gasteiger partial charge in [-0.2, -0.15) is 0 Å². The molecule has 1 saturated carbocycles. The van der Waals surface area contributed by atoms with Gasteiger partial charge < -0.3 is 5.73 Å². The molecule has 1 aliphatic carbocycles. The summed E-state index contributed by atoms with van der Waals surface area (Å²) in [7, 11) is 0. The maximum absolute atomic E-state index is 13.8. The predicted molar refractivity (Wildman–Crippen MR) is 45.1 cm³/mol. The van der Waals surface area contributed by atoms with Crippen molar-refractivity contribution in [1.29, 1.82) is 0 Å². The first-order chi connectivity index (χ1) is 5.04. The molecule has 11 heavy (non-hydrogen) atoms. The Morgan fingerprint density at radius 2 is 2.36 bits per heavy atom. The highest BCUT2D eigenvalue weighted by Crippen LogP contribution is 2.36. The van der Waals surface area contributed by atoms with Gasteiger partial charge in [0.05, 0.1) is 0 Å². The molecule has 0 radical (unpaired) electrons. The van der Waals surface area contributed by atoms with Crippen LogP contribution in [0.2, 0.25) is 0 Å². The second kappa shape index (κ2) is 2.94. The molecule has 1 nitrogen and oxygen atoms in total. The zero-order chi connectivity index (χ0) is 8.48. The van der Waals surface area contributed by atoms with Gasteiger partial charge >= 0.3 is 0 Å². The molecule has 64 valence electrons. The summed E-state index contributed by atoms with van der Waals surface area (Å²) in [5.41, 5.74) is 5.13. The fraction of sp³-hybridized carbons (Fsp3) is 0.778. The van der Waals surface area contributed by atoms with Gasteiger partial charge in [0.15, 0.2) is 0 Å². The Morgan fingerprint density at radius 3 is 2.73 bits per heavy atom. The van der Waals surface area contributed by atoms with Crippen molar-refractivity contribution >= 4 is 0 Å². The Morgan fingerprint density at radius 1 is 1.73 bits per heavy atom. The lowest BCUT2D eigenvalue weighted by Gasteiger charge is -2.33. The average Bonchev–Trinajstić information content (AvgIpc) is 1.86. The minimum absolute atomic E-state index is 0.0328. The van der Waals surface area contributed by atoms with E-state index in [9.17, 15) is 4.39 Å². The lowest BCUT2D eigenvalue weighted by atomic mass is 9.80. The van der Waals surface area contributed by atoms with Crippen LogP contribution < -0.4 is 5.73 Å². The smallest absolute Gasteiger partial charge is 0.133 e. The fourth-order valence-corrected chi connectivity index (χ4v) is 1.65. The molecule has 0 heterocycles. The number of hydrogen-bond acceptors (Lipinski definition) is 1.